The standard InChI is InChI=1S/C45H31N5/c1-30-41(49-50-40(33-15-7-3-8-16-33)29-38-19-11-12-20-39(38)42(30)50)34-23-27-37(28-24-34)45-47-43(35-17-9-4-10-18-35)46-44(48-45)36-25-21-32(22-26-36)31-13-5-2-6-14-31/h2-29H,1H3. The van der Waals surface area contributed by atoms with Gasteiger partial charge in [0.2, 0.25) is 0 Å². The number of nitrogens with zero attached hydrogens (tertiary/aromatic N) is 5. The van der Waals surface area contributed by atoms with Crippen LogP contribution in [0.4, 0.5) is 0 Å². The molecule has 0 saturated heterocycles. The van der Waals surface area contributed by atoms with E-state index in [0.29, 0.717) is 17.5 Å². The molecule has 0 atom stereocenters. The fraction of sp³-hybridized carbons (Fsp3) is 0.0222. The molecule has 0 aliphatic rings. The molecule has 0 bridgehead atoms. The fourth-order valence-corrected chi connectivity index (χ4v) is 6.69. The van der Waals surface area contributed by atoms with Gasteiger partial charge in [0.15, 0.2) is 17.5 Å². The van der Waals surface area contributed by atoms with Gasteiger partial charge in [-0.05, 0) is 29.5 Å². The lowest BCUT2D eigenvalue weighted by atomic mass is 10.0. The predicted octanol–water partition coefficient (Wildman–Crippen LogP) is 11.0. The molecule has 50 heavy (non-hydrogen) atoms. The summed E-state index contributed by atoms with van der Waals surface area (Å²) in [5.74, 6) is 1.89. The van der Waals surface area contributed by atoms with Crippen molar-refractivity contribution in [2.45, 2.75) is 6.92 Å². The number of fused-ring (bicyclic) bond motifs is 3. The molecular weight excluding hydrogens is 611 g/mol. The number of aromatic nitrogens is 5. The Balaban J connectivity index is 1.13. The van der Waals surface area contributed by atoms with E-state index in [-0.39, 0.29) is 0 Å². The molecule has 9 rings (SSSR count). The summed E-state index contributed by atoms with van der Waals surface area (Å²) < 4.78 is 2.10. The first-order chi connectivity index (χ1) is 24.7. The van der Waals surface area contributed by atoms with Crippen LogP contribution in [-0.2, 0) is 0 Å². The Morgan fingerprint density at radius 3 is 1.40 bits per heavy atom. The van der Waals surface area contributed by atoms with Crippen molar-refractivity contribution in [3.8, 4) is 67.8 Å². The van der Waals surface area contributed by atoms with E-state index in [9.17, 15) is 0 Å². The Morgan fingerprint density at radius 2 is 0.820 bits per heavy atom. The van der Waals surface area contributed by atoms with E-state index in [1.165, 1.54) is 16.3 Å². The van der Waals surface area contributed by atoms with Gasteiger partial charge in [-0.15, -0.1) is 0 Å². The van der Waals surface area contributed by atoms with Crippen LogP contribution < -0.4 is 0 Å². The van der Waals surface area contributed by atoms with Crippen molar-refractivity contribution in [1.29, 1.82) is 0 Å². The third-order valence-electron chi connectivity index (χ3n) is 9.26. The molecule has 0 unspecified atom stereocenters. The van der Waals surface area contributed by atoms with E-state index in [1.807, 2.05) is 42.5 Å². The number of hydrogen-bond donors (Lipinski definition) is 0. The van der Waals surface area contributed by atoms with Crippen molar-refractivity contribution >= 4 is 16.3 Å². The Bertz CT molecular complexity index is 2610. The topological polar surface area (TPSA) is 56.0 Å². The van der Waals surface area contributed by atoms with Crippen molar-refractivity contribution < 1.29 is 0 Å². The Labute approximate surface area is 290 Å². The molecule has 0 radical (unpaired) electrons. The molecular formula is C45H31N5. The minimum Gasteiger partial charge on any atom is -0.232 e. The molecule has 3 aromatic heterocycles. The molecule has 236 valence electrons. The van der Waals surface area contributed by atoms with Crippen LogP contribution in [0.3, 0.4) is 0 Å². The Hall–Kier alpha value is -6.72. The lowest BCUT2D eigenvalue weighted by molar-refractivity contribution is 0.979. The van der Waals surface area contributed by atoms with Gasteiger partial charge in [0.25, 0.3) is 0 Å². The molecule has 0 saturated carbocycles. The maximum absolute atomic E-state index is 5.22. The summed E-state index contributed by atoms with van der Waals surface area (Å²) in [5, 5.41) is 7.60. The number of aryl methyl sites for hydroxylation is 1. The van der Waals surface area contributed by atoms with Crippen molar-refractivity contribution in [3.05, 3.63) is 175 Å². The van der Waals surface area contributed by atoms with Gasteiger partial charge in [0, 0.05) is 38.8 Å². The van der Waals surface area contributed by atoms with Crippen LogP contribution in [0, 0.1) is 6.92 Å². The largest absolute Gasteiger partial charge is 0.232 e. The average Bonchev–Trinajstić information content (AvgIpc) is 3.55. The van der Waals surface area contributed by atoms with E-state index < -0.39 is 0 Å². The second-order valence-corrected chi connectivity index (χ2v) is 12.4. The lowest BCUT2D eigenvalue weighted by Gasteiger charge is -2.09. The van der Waals surface area contributed by atoms with E-state index >= 15 is 0 Å². The number of hydrogen-bond acceptors (Lipinski definition) is 4. The van der Waals surface area contributed by atoms with Crippen molar-refractivity contribution in [3.63, 3.8) is 0 Å². The van der Waals surface area contributed by atoms with Gasteiger partial charge in [-0.2, -0.15) is 5.10 Å². The highest BCUT2D eigenvalue weighted by atomic mass is 15.2. The molecule has 0 N–H and O–H groups in total. The Morgan fingerprint density at radius 1 is 0.400 bits per heavy atom. The minimum atomic E-state index is 0.622. The zero-order chi connectivity index (χ0) is 33.4. The van der Waals surface area contributed by atoms with Crippen LogP contribution in [0.1, 0.15) is 5.56 Å². The van der Waals surface area contributed by atoms with Crippen LogP contribution in [0.5, 0.6) is 0 Å². The van der Waals surface area contributed by atoms with Gasteiger partial charge >= 0.3 is 0 Å². The second-order valence-electron chi connectivity index (χ2n) is 12.4. The highest BCUT2D eigenvalue weighted by Crippen LogP contribution is 2.35. The SMILES string of the molecule is Cc1c(-c2ccc(-c3nc(-c4ccccc4)nc(-c4ccc(-c5ccccc5)cc4)n3)cc2)nn2c(-c3ccccc3)cc3ccccc3c12. The molecule has 6 aromatic carbocycles. The zero-order valence-electron chi connectivity index (χ0n) is 27.4. The smallest absolute Gasteiger partial charge is 0.164 e. The minimum absolute atomic E-state index is 0.622. The van der Waals surface area contributed by atoms with Gasteiger partial charge in [0.1, 0.15) is 0 Å². The van der Waals surface area contributed by atoms with Crippen LogP contribution in [-0.4, -0.2) is 24.6 Å². The summed E-state index contributed by atoms with van der Waals surface area (Å²) in [6, 6.07) is 58.5. The quantitative estimate of drug-likeness (QED) is 0.181. The van der Waals surface area contributed by atoms with Crippen LogP contribution in [0.2, 0.25) is 0 Å². The summed E-state index contributed by atoms with van der Waals surface area (Å²) >= 11 is 0. The first-order valence-electron chi connectivity index (χ1n) is 16.7. The molecule has 0 aliphatic carbocycles. The van der Waals surface area contributed by atoms with Gasteiger partial charge in [0.05, 0.1) is 16.9 Å². The van der Waals surface area contributed by atoms with Crippen molar-refractivity contribution in [2.24, 2.45) is 0 Å². The van der Waals surface area contributed by atoms with Gasteiger partial charge in [-0.1, -0.05) is 164 Å². The Kier molecular flexibility index (Phi) is 7.29. The first kappa shape index (κ1) is 29.4. The third kappa shape index (κ3) is 5.31. The van der Waals surface area contributed by atoms with Gasteiger partial charge < -0.3 is 0 Å². The number of pyridine rings is 1. The van der Waals surface area contributed by atoms with E-state index in [2.05, 4.69) is 139 Å². The highest BCUT2D eigenvalue weighted by Gasteiger charge is 2.18. The van der Waals surface area contributed by atoms with Crippen LogP contribution >= 0.6 is 0 Å². The van der Waals surface area contributed by atoms with Crippen LogP contribution in [0.15, 0.2) is 170 Å². The third-order valence-corrected chi connectivity index (χ3v) is 9.26. The molecule has 5 nitrogen and oxygen atoms in total. The second kappa shape index (κ2) is 12.4. The molecule has 0 fully saturated rings. The average molecular weight is 642 g/mol. The normalized spacial score (nSPS) is 11.3. The molecule has 0 spiro atoms. The summed E-state index contributed by atoms with van der Waals surface area (Å²) in [7, 11) is 0. The summed E-state index contributed by atoms with van der Waals surface area (Å²) in [4.78, 5) is 14.9. The number of rotatable bonds is 6. The van der Waals surface area contributed by atoms with Crippen LogP contribution in [0.25, 0.3) is 84.1 Å². The maximum atomic E-state index is 5.22. The van der Waals surface area contributed by atoms with Gasteiger partial charge in [-0.3, -0.25) is 0 Å². The molecule has 3 heterocycles. The summed E-state index contributed by atoms with van der Waals surface area (Å²) in [5.41, 5.74) is 11.5. The van der Waals surface area contributed by atoms with E-state index in [0.717, 1.165) is 55.8 Å². The highest BCUT2D eigenvalue weighted by molar-refractivity contribution is 6.01. The number of benzene rings is 6. The van der Waals surface area contributed by atoms with E-state index in [4.69, 9.17) is 20.1 Å². The molecule has 0 amide bonds. The summed E-state index contributed by atoms with van der Waals surface area (Å²) in [6.07, 6.45) is 0. The summed E-state index contributed by atoms with van der Waals surface area (Å²) in [6.45, 7) is 2.17. The predicted molar refractivity (Wildman–Crippen MR) is 203 cm³/mol. The van der Waals surface area contributed by atoms with Crippen molar-refractivity contribution in [1.82, 2.24) is 24.6 Å². The van der Waals surface area contributed by atoms with Crippen molar-refractivity contribution in [2.75, 3.05) is 0 Å². The zero-order valence-corrected chi connectivity index (χ0v) is 27.4. The first-order valence-corrected chi connectivity index (χ1v) is 16.7. The van der Waals surface area contributed by atoms with E-state index in [1.54, 1.807) is 0 Å². The molecule has 0 aliphatic heterocycles. The lowest BCUT2D eigenvalue weighted by Crippen LogP contribution is -2.00. The van der Waals surface area contributed by atoms with Gasteiger partial charge in [-0.25, -0.2) is 19.5 Å². The fourth-order valence-electron chi connectivity index (χ4n) is 6.69. The molecule has 9 aromatic rings. The molecule has 5 heteroatoms. The monoisotopic (exact) mass is 641 g/mol. The maximum Gasteiger partial charge on any atom is 0.164 e.